The van der Waals surface area contributed by atoms with Gasteiger partial charge in [0.2, 0.25) is 0 Å². The zero-order valence-corrected chi connectivity index (χ0v) is 24.8. The molecule has 2 amide bonds. The summed E-state index contributed by atoms with van der Waals surface area (Å²) in [5.74, 6) is -3.12. The number of benzene rings is 1. The fourth-order valence-electron chi connectivity index (χ4n) is 4.34. The van der Waals surface area contributed by atoms with Gasteiger partial charge in [-0.3, -0.25) is 19.2 Å². The molecule has 1 heterocycles. The first-order valence-corrected chi connectivity index (χ1v) is 13.8. The molecule has 1 saturated heterocycles. The number of esters is 1. The highest BCUT2D eigenvalue weighted by Gasteiger charge is 2.47. The molecule has 232 valence electrons. The second-order valence-electron chi connectivity index (χ2n) is 10.1. The van der Waals surface area contributed by atoms with Gasteiger partial charge in [-0.2, -0.15) is 0 Å². The van der Waals surface area contributed by atoms with Gasteiger partial charge >= 0.3 is 12.1 Å². The van der Waals surface area contributed by atoms with E-state index in [9.17, 15) is 24.0 Å². The summed E-state index contributed by atoms with van der Waals surface area (Å²) in [5, 5.41) is 8.73. The van der Waals surface area contributed by atoms with Gasteiger partial charge in [0.15, 0.2) is 23.8 Å². The van der Waals surface area contributed by atoms with E-state index in [1.54, 1.807) is 18.2 Å². The monoisotopic (exact) mass is 591 g/mol. The molecule has 1 fully saturated rings. The van der Waals surface area contributed by atoms with Crippen molar-refractivity contribution in [2.24, 2.45) is 5.92 Å². The molecule has 1 aromatic rings. The third kappa shape index (κ3) is 10.1. The third-order valence-corrected chi connectivity index (χ3v) is 6.47. The summed E-state index contributed by atoms with van der Waals surface area (Å²) in [6.45, 7) is 7.51. The molecule has 0 radical (unpaired) electrons. The van der Waals surface area contributed by atoms with E-state index in [-0.39, 0.29) is 50.1 Å². The summed E-state index contributed by atoms with van der Waals surface area (Å²) >= 11 is 0. The van der Waals surface area contributed by atoms with Crippen molar-refractivity contribution in [3.05, 3.63) is 41.5 Å². The SMILES string of the molecule is COC(C(=O)N1C(=O)OCC1C(C)C)C(OC(C)=O)C(=O)C=C(C(=O)CCCOCCOCCO)c1cccc(C)c1. The maximum Gasteiger partial charge on any atom is 0.417 e. The lowest BCUT2D eigenvalue weighted by Gasteiger charge is -2.29. The molecule has 1 aliphatic rings. The number of hydrogen-bond donors (Lipinski definition) is 1. The molecule has 0 aliphatic carbocycles. The van der Waals surface area contributed by atoms with Crippen molar-refractivity contribution in [2.75, 3.05) is 46.8 Å². The van der Waals surface area contributed by atoms with Crippen LogP contribution in [-0.4, -0.2) is 105 Å². The van der Waals surface area contributed by atoms with Crippen LogP contribution in [0.2, 0.25) is 0 Å². The number of imide groups is 1. The molecular formula is C30H41NO11. The van der Waals surface area contributed by atoms with Crippen LogP contribution < -0.4 is 0 Å². The largest absolute Gasteiger partial charge is 0.451 e. The van der Waals surface area contributed by atoms with E-state index < -0.39 is 42.0 Å². The number of ether oxygens (including phenoxy) is 5. The van der Waals surface area contributed by atoms with E-state index in [4.69, 9.17) is 28.8 Å². The Hall–Kier alpha value is -3.45. The molecule has 3 atom stereocenters. The number of hydrogen-bond acceptors (Lipinski definition) is 11. The molecule has 42 heavy (non-hydrogen) atoms. The van der Waals surface area contributed by atoms with Crippen LogP contribution in [0.15, 0.2) is 30.3 Å². The van der Waals surface area contributed by atoms with E-state index in [1.807, 2.05) is 26.8 Å². The maximum absolute atomic E-state index is 13.6. The standard InChI is InChI=1S/C30H41NO11/c1-19(2)24-18-41-30(37)31(24)29(36)28(38-5)27(42-21(4)33)26(35)17-23(22-9-6-8-20(3)16-22)25(34)10-7-12-39-14-15-40-13-11-32/h6,8-9,16-17,19,24,27-28,32H,7,10-15,18H2,1-5H3. The van der Waals surface area contributed by atoms with Crippen LogP contribution in [0.1, 0.15) is 44.7 Å². The van der Waals surface area contributed by atoms with Crippen molar-refractivity contribution in [3.63, 3.8) is 0 Å². The van der Waals surface area contributed by atoms with Crippen molar-refractivity contribution in [2.45, 2.75) is 58.8 Å². The summed E-state index contributed by atoms with van der Waals surface area (Å²) in [4.78, 5) is 65.8. The van der Waals surface area contributed by atoms with Crippen LogP contribution in [0.5, 0.6) is 0 Å². The van der Waals surface area contributed by atoms with Gasteiger partial charge < -0.3 is 28.8 Å². The van der Waals surface area contributed by atoms with Gasteiger partial charge in [0.05, 0.1) is 32.5 Å². The minimum atomic E-state index is -1.77. The number of aliphatic hydroxyl groups is 1. The minimum absolute atomic E-state index is 0.0177. The summed E-state index contributed by atoms with van der Waals surface area (Å²) in [6.07, 6.45) is -2.86. The highest BCUT2D eigenvalue weighted by molar-refractivity contribution is 6.25. The molecule has 1 aliphatic heterocycles. The van der Waals surface area contributed by atoms with Gasteiger partial charge in [0.1, 0.15) is 6.61 Å². The topological polar surface area (TPSA) is 155 Å². The van der Waals surface area contributed by atoms with E-state index >= 15 is 0 Å². The Morgan fingerprint density at radius 3 is 2.38 bits per heavy atom. The van der Waals surface area contributed by atoms with Gasteiger partial charge in [-0.25, -0.2) is 9.69 Å². The number of allylic oxidation sites excluding steroid dienone is 1. The predicted octanol–water partition coefficient (Wildman–Crippen LogP) is 2.27. The fraction of sp³-hybridized carbons (Fsp3) is 0.567. The van der Waals surface area contributed by atoms with Crippen molar-refractivity contribution in [1.82, 2.24) is 4.90 Å². The van der Waals surface area contributed by atoms with Gasteiger partial charge in [-0.1, -0.05) is 43.7 Å². The first-order valence-electron chi connectivity index (χ1n) is 13.8. The lowest BCUT2D eigenvalue weighted by molar-refractivity contribution is -0.166. The fourth-order valence-corrected chi connectivity index (χ4v) is 4.34. The Morgan fingerprint density at radius 2 is 1.79 bits per heavy atom. The lowest BCUT2D eigenvalue weighted by atomic mass is 9.94. The molecule has 12 heteroatoms. The first-order chi connectivity index (χ1) is 20.0. The van der Waals surface area contributed by atoms with Crippen LogP contribution in [0.25, 0.3) is 5.57 Å². The molecule has 1 aromatic carbocycles. The first kappa shape index (κ1) is 34.7. The Morgan fingerprint density at radius 1 is 1.10 bits per heavy atom. The van der Waals surface area contributed by atoms with E-state index in [2.05, 4.69) is 0 Å². The normalized spacial score (nSPS) is 16.7. The minimum Gasteiger partial charge on any atom is -0.451 e. The molecular weight excluding hydrogens is 550 g/mol. The van der Waals surface area contributed by atoms with E-state index in [0.29, 0.717) is 25.2 Å². The number of amides is 2. The molecule has 0 saturated carbocycles. The maximum atomic E-state index is 13.6. The zero-order chi connectivity index (χ0) is 31.2. The van der Waals surface area contributed by atoms with Crippen LogP contribution in [0.4, 0.5) is 4.79 Å². The number of methoxy groups -OCH3 is 1. The number of aliphatic hydroxyl groups excluding tert-OH is 1. The summed E-state index contributed by atoms with van der Waals surface area (Å²) < 4.78 is 26.2. The number of ketones is 2. The Balaban J connectivity index is 2.32. The van der Waals surface area contributed by atoms with Gasteiger partial charge in [-0.05, 0) is 30.9 Å². The third-order valence-electron chi connectivity index (χ3n) is 6.47. The molecule has 0 bridgehead atoms. The van der Waals surface area contributed by atoms with Crippen molar-refractivity contribution in [3.8, 4) is 0 Å². The molecule has 3 unspecified atom stereocenters. The smallest absolute Gasteiger partial charge is 0.417 e. The number of carbonyl (C=O) groups is 5. The number of cyclic esters (lactones) is 1. The highest BCUT2D eigenvalue weighted by atomic mass is 16.6. The Labute approximate surface area is 245 Å². The summed E-state index contributed by atoms with van der Waals surface area (Å²) in [7, 11) is 1.16. The quantitative estimate of drug-likeness (QED) is 0.152. The lowest BCUT2D eigenvalue weighted by Crippen LogP contribution is -2.53. The Kier molecular flexibility index (Phi) is 14.5. The summed E-state index contributed by atoms with van der Waals surface area (Å²) in [5.41, 5.74) is 1.38. The average Bonchev–Trinajstić information content (AvgIpc) is 3.34. The Bertz CT molecular complexity index is 1130. The molecule has 12 nitrogen and oxygen atoms in total. The molecule has 2 rings (SSSR count). The zero-order valence-electron chi connectivity index (χ0n) is 24.8. The number of rotatable bonds is 18. The van der Waals surface area contributed by atoms with Gasteiger partial charge in [0, 0.05) is 32.6 Å². The van der Waals surface area contributed by atoms with Crippen LogP contribution in [0, 0.1) is 12.8 Å². The van der Waals surface area contributed by atoms with Crippen molar-refractivity contribution >= 4 is 35.1 Å². The number of nitrogens with zero attached hydrogens (tertiary/aromatic N) is 1. The predicted molar refractivity (Wildman–Crippen MR) is 150 cm³/mol. The molecule has 1 N–H and O–H groups in total. The van der Waals surface area contributed by atoms with Gasteiger partial charge in [0.25, 0.3) is 5.91 Å². The van der Waals surface area contributed by atoms with Crippen molar-refractivity contribution < 1.29 is 52.8 Å². The van der Waals surface area contributed by atoms with Crippen LogP contribution in [0.3, 0.4) is 0 Å². The highest BCUT2D eigenvalue weighted by Crippen LogP contribution is 2.25. The van der Waals surface area contributed by atoms with E-state index in [1.165, 1.54) is 0 Å². The molecule has 0 spiro atoms. The van der Waals surface area contributed by atoms with Crippen molar-refractivity contribution in [1.29, 1.82) is 0 Å². The second-order valence-corrected chi connectivity index (χ2v) is 10.1. The number of aryl methyl sites for hydroxylation is 1. The summed E-state index contributed by atoms with van der Waals surface area (Å²) in [6, 6.07) is 6.38. The van der Waals surface area contributed by atoms with E-state index in [0.717, 1.165) is 30.6 Å². The number of Topliss-reactive ketones (excluding diaryl/α,β-unsaturated/α-hetero) is 1. The second kappa shape index (κ2) is 17.5. The van der Waals surface area contributed by atoms with Crippen LogP contribution >= 0.6 is 0 Å². The average molecular weight is 592 g/mol. The number of carbonyl (C=O) groups excluding carboxylic acids is 5. The van der Waals surface area contributed by atoms with Gasteiger partial charge in [-0.15, -0.1) is 0 Å². The van der Waals surface area contributed by atoms with Crippen LogP contribution in [-0.2, 0) is 42.9 Å². The molecule has 0 aromatic heterocycles.